The number of hydrogen-bond acceptors (Lipinski definition) is 3. The fourth-order valence-corrected chi connectivity index (χ4v) is 2.26. The van der Waals surface area contributed by atoms with Gasteiger partial charge in [0.1, 0.15) is 5.75 Å². The normalized spacial score (nSPS) is 16.0. The van der Waals surface area contributed by atoms with Crippen molar-refractivity contribution >= 4 is 21.8 Å². The molecule has 0 radical (unpaired) electrons. The Morgan fingerprint density at radius 1 is 1.58 bits per heavy atom. The third kappa shape index (κ3) is 3.70. The molecule has 104 valence electrons. The fraction of sp³-hybridized carbons (Fsp3) is 0.500. The number of hydrogen-bond donors (Lipinski definition) is 1. The van der Waals surface area contributed by atoms with Crippen LogP contribution in [0.15, 0.2) is 22.7 Å². The molecular formula is C14H19BrN2O2. The van der Waals surface area contributed by atoms with Gasteiger partial charge < -0.3 is 15.4 Å². The number of carbonyl (C=O) groups is 1. The third-order valence-corrected chi connectivity index (χ3v) is 3.80. The Morgan fingerprint density at radius 3 is 2.84 bits per heavy atom. The largest absolute Gasteiger partial charge is 0.483 e. The molecule has 1 aliphatic rings. The summed E-state index contributed by atoms with van der Waals surface area (Å²) >= 11 is 3.40. The molecule has 4 nitrogen and oxygen atoms in total. The van der Waals surface area contributed by atoms with Crippen LogP contribution < -0.4 is 10.5 Å². The van der Waals surface area contributed by atoms with E-state index >= 15 is 0 Å². The highest BCUT2D eigenvalue weighted by Crippen LogP contribution is 2.28. The zero-order valence-corrected chi connectivity index (χ0v) is 12.8. The van der Waals surface area contributed by atoms with Gasteiger partial charge in [-0.2, -0.15) is 0 Å². The molecule has 0 unspecified atom stereocenters. The maximum atomic E-state index is 11.9. The number of likely N-dealkylation sites (N-methyl/N-ethyl adjacent to an activating group) is 1. The number of halogens is 1. The summed E-state index contributed by atoms with van der Waals surface area (Å²) in [5.74, 6) is 0.681. The van der Waals surface area contributed by atoms with Crippen LogP contribution in [0.3, 0.4) is 0 Å². The van der Waals surface area contributed by atoms with Crippen LogP contribution in [0, 0.1) is 0 Å². The first-order valence-electron chi connectivity index (χ1n) is 6.42. The summed E-state index contributed by atoms with van der Waals surface area (Å²) in [6, 6.07) is 5.97. The lowest BCUT2D eigenvalue weighted by molar-refractivity contribution is -0.132. The number of rotatable bonds is 5. The number of benzene rings is 1. The molecule has 0 spiro atoms. The van der Waals surface area contributed by atoms with Gasteiger partial charge in [0, 0.05) is 29.2 Å². The van der Waals surface area contributed by atoms with Crippen molar-refractivity contribution in [2.24, 2.45) is 5.73 Å². The first-order chi connectivity index (χ1) is 8.99. The van der Waals surface area contributed by atoms with Crippen LogP contribution in [-0.2, 0) is 4.79 Å². The van der Waals surface area contributed by atoms with Crippen molar-refractivity contribution in [3.63, 3.8) is 0 Å². The monoisotopic (exact) mass is 326 g/mol. The number of carbonyl (C=O) groups excluding carboxylic acids is 1. The molecule has 1 saturated carbocycles. The van der Waals surface area contributed by atoms with Crippen LogP contribution in [0.5, 0.6) is 5.75 Å². The van der Waals surface area contributed by atoms with Gasteiger partial charge >= 0.3 is 0 Å². The summed E-state index contributed by atoms with van der Waals surface area (Å²) in [7, 11) is 1.83. The highest BCUT2D eigenvalue weighted by molar-refractivity contribution is 9.10. The SMILES string of the molecule is C[C@H](N)c1ccc(Br)cc1OCC(=O)N(C)C1CC1. The first-order valence-corrected chi connectivity index (χ1v) is 7.22. The van der Waals surface area contributed by atoms with Gasteiger partial charge in [0.25, 0.3) is 5.91 Å². The van der Waals surface area contributed by atoms with E-state index in [1.165, 1.54) is 0 Å². The lowest BCUT2D eigenvalue weighted by Crippen LogP contribution is -2.33. The van der Waals surface area contributed by atoms with Crippen LogP contribution >= 0.6 is 15.9 Å². The third-order valence-electron chi connectivity index (χ3n) is 3.31. The minimum Gasteiger partial charge on any atom is -0.483 e. The van der Waals surface area contributed by atoms with E-state index in [1.807, 2.05) is 32.2 Å². The summed E-state index contributed by atoms with van der Waals surface area (Å²) in [4.78, 5) is 13.7. The number of amides is 1. The molecule has 0 saturated heterocycles. The maximum Gasteiger partial charge on any atom is 0.260 e. The molecule has 1 aliphatic carbocycles. The van der Waals surface area contributed by atoms with Gasteiger partial charge in [-0.15, -0.1) is 0 Å². The highest BCUT2D eigenvalue weighted by Gasteiger charge is 2.29. The lowest BCUT2D eigenvalue weighted by atomic mass is 10.1. The Labute approximate surface area is 122 Å². The van der Waals surface area contributed by atoms with Crippen molar-refractivity contribution < 1.29 is 9.53 Å². The average Bonchev–Trinajstić information content (AvgIpc) is 3.18. The molecule has 0 aromatic heterocycles. The summed E-state index contributed by atoms with van der Waals surface area (Å²) < 4.78 is 6.55. The van der Waals surface area contributed by atoms with E-state index in [-0.39, 0.29) is 18.6 Å². The van der Waals surface area contributed by atoms with Crippen LogP contribution in [0.2, 0.25) is 0 Å². The van der Waals surface area contributed by atoms with E-state index in [1.54, 1.807) is 4.90 Å². The summed E-state index contributed by atoms with van der Waals surface area (Å²) in [6.07, 6.45) is 2.20. The minimum atomic E-state index is -0.126. The molecule has 1 aromatic rings. The predicted molar refractivity (Wildman–Crippen MR) is 78.0 cm³/mol. The van der Waals surface area contributed by atoms with Gasteiger partial charge in [0.2, 0.25) is 0 Å². The van der Waals surface area contributed by atoms with Gasteiger partial charge in [-0.3, -0.25) is 4.79 Å². The second kappa shape index (κ2) is 5.92. The lowest BCUT2D eigenvalue weighted by Gasteiger charge is -2.18. The van der Waals surface area contributed by atoms with Crippen LogP contribution in [0.4, 0.5) is 0 Å². The Balaban J connectivity index is 2.01. The average molecular weight is 327 g/mol. The molecule has 1 atom stereocenters. The van der Waals surface area contributed by atoms with Crippen molar-refractivity contribution in [1.29, 1.82) is 0 Å². The van der Waals surface area contributed by atoms with Crippen molar-refractivity contribution in [1.82, 2.24) is 4.90 Å². The molecule has 1 fully saturated rings. The van der Waals surface area contributed by atoms with E-state index < -0.39 is 0 Å². The Bertz CT molecular complexity index is 473. The van der Waals surface area contributed by atoms with Crippen molar-refractivity contribution in [2.45, 2.75) is 31.8 Å². The smallest absolute Gasteiger partial charge is 0.260 e. The molecular weight excluding hydrogens is 308 g/mol. The summed E-state index contributed by atoms with van der Waals surface area (Å²) in [5, 5.41) is 0. The highest BCUT2D eigenvalue weighted by atomic mass is 79.9. The predicted octanol–water partition coefficient (Wildman–Crippen LogP) is 2.47. The topological polar surface area (TPSA) is 55.6 Å². The molecule has 2 N–H and O–H groups in total. The van der Waals surface area contributed by atoms with Crippen molar-refractivity contribution in [3.05, 3.63) is 28.2 Å². The number of ether oxygens (including phenoxy) is 1. The van der Waals surface area contributed by atoms with Crippen LogP contribution in [0.25, 0.3) is 0 Å². The van der Waals surface area contributed by atoms with Gasteiger partial charge in [0.15, 0.2) is 6.61 Å². The van der Waals surface area contributed by atoms with E-state index in [9.17, 15) is 4.79 Å². The quantitative estimate of drug-likeness (QED) is 0.904. The first kappa shape index (κ1) is 14.3. The van der Waals surface area contributed by atoms with Gasteiger partial charge in [-0.05, 0) is 31.9 Å². The Kier molecular flexibility index (Phi) is 4.47. The standard InChI is InChI=1S/C14H19BrN2O2/c1-9(16)12-6-3-10(15)7-13(12)19-8-14(18)17(2)11-4-5-11/h3,6-7,9,11H,4-5,8,16H2,1-2H3/t9-/m0/s1. The Hall–Kier alpha value is -1.07. The fourth-order valence-electron chi connectivity index (χ4n) is 1.92. The molecule has 0 heterocycles. The number of nitrogens with two attached hydrogens (primary N) is 1. The van der Waals surface area contributed by atoms with E-state index in [0.29, 0.717) is 11.8 Å². The van der Waals surface area contributed by atoms with Crippen molar-refractivity contribution in [2.75, 3.05) is 13.7 Å². The molecule has 1 aromatic carbocycles. The minimum absolute atomic E-state index is 0.0121. The van der Waals surface area contributed by atoms with Gasteiger partial charge in [0.05, 0.1) is 0 Å². The zero-order valence-electron chi connectivity index (χ0n) is 11.2. The second-order valence-electron chi connectivity index (χ2n) is 5.00. The van der Waals surface area contributed by atoms with E-state index in [4.69, 9.17) is 10.5 Å². The summed E-state index contributed by atoms with van der Waals surface area (Å²) in [6.45, 7) is 1.96. The van der Waals surface area contributed by atoms with Gasteiger partial charge in [-0.25, -0.2) is 0 Å². The maximum absolute atomic E-state index is 11.9. The molecule has 19 heavy (non-hydrogen) atoms. The zero-order chi connectivity index (χ0) is 14.0. The van der Waals surface area contributed by atoms with Crippen LogP contribution in [0.1, 0.15) is 31.4 Å². The molecule has 1 amide bonds. The number of nitrogens with zero attached hydrogens (tertiary/aromatic N) is 1. The van der Waals surface area contributed by atoms with Gasteiger partial charge in [-0.1, -0.05) is 22.0 Å². The van der Waals surface area contributed by atoms with Crippen LogP contribution in [-0.4, -0.2) is 30.5 Å². The molecule has 0 aliphatic heterocycles. The molecule has 5 heteroatoms. The molecule has 0 bridgehead atoms. The van der Waals surface area contributed by atoms with E-state index in [0.717, 1.165) is 22.9 Å². The second-order valence-corrected chi connectivity index (χ2v) is 5.91. The Morgan fingerprint density at radius 2 is 2.26 bits per heavy atom. The van der Waals surface area contributed by atoms with E-state index in [2.05, 4.69) is 15.9 Å². The summed E-state index contributed by atoms with van der Waals surface area (Å²) in [5.41, 5.74) is 6.81. The molecule has 2 rings (SSSR count). The van der Waals surface area contributed by atoms with Crippen molar-refractivity contribution in [3.8, 4) is 5.75 Å².